The van der Waals surface area contributed by atoms with Crippen LogP contribution in [0, 0.1) is 10.1 Å². The molecule has 0 fully saturated rings. The second-order valence-electron chi connectivity index (χ2n) is 5.79. The van der Waals surface area contributed by atoms with E-state index in [2.05, 4.69) is 10.4 Å². The molecule has 7 nitrogen and oxygen atoms in total. The van der Waals surface area contributed by atoms with Crippen molar-refractivity contribution in [2.45, 2.75) is 13.0 Å². The highest BCUT2D eigenvalue weighted by Crippen LogP contribution is 2.25. The summed E-state index contributed by atoms with van der Waals surface area (Å²) < 4.78 is 1.41. The molecule has 2 aromatic carbocycles. The molecular formula is C18H14Cl2N4O3. The normalized spacial score (nSPS) is 11.8. The van der Waals surface area contributed by atoms with Crippen molar-refractivity contribution in [1.82, 2.24) is 15.1 Å². The Morgan fingerprint density at radius 3 is 2.67 bits per heavy atom. The van der Waals surface area contributed by atoms with E-state index in [9.17, 15) is 14.9 Å². The SMILES string of the molecule is CC(NC(=O)c1ccn(-c2cccc([N+](=O)[O-])c2)n1)c1ccc(Cl)c(Cl)c1. The number of carbonyl (C=O) groups excluding carboxylic acids is 1. The second kappa shape index (κ2) is 7.77. The minimum Gasteiger partial charge on any atom is -0.344 e. The molecule has 3 aromatic rings. The summed E-state index contributed by atoms with van der Waals surface area (Å²) in [5, 5.41) is 18.8. The smallest absolute Gasteiger partial charge is 0.272 e. The van der Waals surface area contributed by atoms with Gasteiger partial charge < -0.3 is 5.32 Å². The van der Waals surface area contributed by atoms with Crippen LogP contribution in [-0.4, -0.2) is 20.6 Å². The fourth-order valence-corrected chi connectivity index (χ4v) is 2.78. The lowest BCUT2D eigenvalue weighted by Gasteiger charge is -2.14. The van der Waals surface area contributed by atoms with Gasteiger partial charge in [-0.1, -0.05) is 35.3 Å². The van der Waals surface area contributed by atoms with Crippen molar-refractivity contribution in [3.8, 4) is 5.69 Å². The zero-order valence-electron chi connectivity index (χ0n) is 14.1. The molecule has 0 spiro atoms. The highest BCUT2D eigenvalue weighted by atomic mass is 35.5. The van der Waals surface area contributed by atoms with Gasteiger partial charge >= 0.3 is 0 Å². The first-order chi connectivity index (χ1) is 12.8. The summed E-state index contributed by atoms with van der Waals surface area (Å²) in [6, 6.07) is 12.4. The zero-order valence-corrected chi connectivity index (χ0v) is 15.6. The molecule has 0 aliphatic rings. The van der Waals surface area contributed by atoms with Crippen LogP contribution in [0.2, 0.25) is 10.0 Å². The average molecular weight is 405 g/mol. The Labute approximate surface area is 164 Å². The third kappa shape index (κ3) is 4.27. The van der Waals surface area contributed by atoms with Crippen molar-refractivity contribution >= 4 is 34.8 Å². The lowest BCUT2D eigenvalue weighted by atomic mass is 10.1. The lowest BCUT2D eigenvalue weighted by Crippen LogP contribution is -2.27. The molecule has 0 aliphatic carbocycles. The van der Waals surface area contributed by atoms with E-state index >= 15 is 0 Å². The van der Waals surface area contributed by atoms with Gasteiger partial charge in [0.1, 0.15) is 0 Å². The number of amides is 1. The van der Waals surface area contributed by atoms with Gasteiger partial charge in [0.05, 0.1) is 26.7 Å². The first-order valence-corrected chi connectivity index (χ1v) is 8.67. The number of carbonyl (C=O) groups is 1. The van der Waals surface area contributed by atoms with Crippen molar-refractivity contribution in [2.24, 2.45) is 0 Å². The number of non-ortho nitro benzene ring substituents is 1. The number of nitro groups is 1. The van der Waals surface area contributed by atoms with Gasteiger partial charge in [-0.2, -0.15) is 5.10 Å². The van der Waals surface area contributed by atoms with E-state index in [-0.39, 0.29) is 23.3 Å². The van der Waals surface area contributed by atoms with Crippen LogP contribution in [0.3, 0.4) is 0 Å². The Kier molecular flexibility index (Phi) is 5.43. The van der Waals surface area contributed by atoms with Crippen LogP contribution in [-0.2, 0) is 0 Å². The number of benzene rings is 2. The van der Waals surface area contributed by atoms with Crippen molar-refractivity contribution in [3.63, 3.8) is 0 Å². The monoisotopic (exact) mass is 404 g/mol. The van der Waals surface area contributed by atoms with Crippen LogP contribution < -0.4 is 5.32 Å². The summed E-state index contributed by atoms with van der Waals surface area (Å²) in [7, 11) is 0. The molecule has 0 saturated carbocycles. The van der Waals surface area contributed by atoms with Crippen LogP contribution in [0.5, 0.6) is 0 Å². The number of nitro benzene ring substituents is 1. The molecule has 9 heteroatoms. The first kappa shape index (κ1) is 18.9. The van der Waals surface area contributed by atoms with E-state index in [1.165, 1.54) is 22.9 Å². The predicted molar refractivity (Wildman–Crippen MR) is 103 cm³/mol. The zero-order chi connectivity index (χ0) is 19.6. The lowest BCUT2D eigenvalue weighted by molar-refractivity contribution is -0.384. The maximum absolute atomic E-state index is 12.4. The fraction of sp³-hybridized carbons (Fsp3) is 0.111. The van der Waals surface area contributed by atoms with E-state index in [4.69, 9.17) is 23.2 Å². The van der Waals surface area contributed by atoms with E-state index < -0.39 is 4.92 Å². The van der Waals surface area contributed by atoms with Crippen molar-refractivity contribution < 1.29 is 9.72 Å². The minimum absolute atomic E-state index is 0.0535. The van der Waals surface area contributed by atoms with Gasteiger partial charge in [-0.3, -0.25) is 14.9 Å². The Morgan fingerprint density at radius 2 is 1.96 bits per heavy atom. The highest BCUT2D eigenvalue weighted by Gasteiger charge is 2.16. The maximum atomic E-state index is 12.4. The van der Waals surface area contributed by atoms with Crippen LogP contribution in [0.4, 0.5) is 5.69 Å². The van der Waals surface area contributed by atoms with Gasteiger partial charge in [0, 0.05) is 18.3 Å². The molecule has 0 bridgehead atoms. The largest absolute Gasteiger partial charge is 0.344 e. The van der Waals surface area contributed by atoms with E-state index in [1.807, 2.05) is 6.92 Å². The Morgan fingerprint density at radius 1 is 1.19 bits per heavy atom. The van der Waals surface area contributed by atoms with Crippen molar-refractivity contribution in [2.75, 3.05) is 0 Å². The molecule has 1 heterocycles. The quantitative estimate of drug-likeness (QED) is 0.497. The van der Waals surface area contributed by atoms with Gasteiger partial charge in [0.25, 0.3) is 11.6 Å². The average Bonchev–Trinajstić information content (AvgIpc) is 3.14. The standard InChI is InChI=1S/C18H14Cl2N4O3/c1-11(12-5-6-15(19)16(20)9-12)21-18(25)17-7-8-23(22-17)13-3-2-4-14(10-13)24(26)27/h2-11H,1H3,(H,21,25). The molecule has 1 unspecified atom stereocenters. The number of nitrogens with zero attached hydrogens (tertiary/aromatic N) is 3. The summed E-state index contributed by atoms with van der Waals surface area (Å²) in [5.74, 6) is -0.377. The number of halogens is 2. The topological polar surface area (TPSA) is 90.1 Å². The van der Waals surface area contributed by atoms with Gasteiger partial charge in [-0.25, -0.2) is 4.68 Å². The number of hydrogen-bond donors (Lipinski definition) is 1. The van der Waals surface area contributed by atoms with Gasteiger partial charge in [0.2, 0.25) is 0 Å². The van der Waals surface area contributed by atoms with Gasteiger partial charge in [-0.15, -0.1) is 0 Å². The number of nitrogens with one attached hydrogen (secondary N) is 1. The second-order valence-corrected chi connectivity index (χ2v) is 6.61. The molecule has 1 aromatic heterocycles. The van der Waals surface area contributed by atoms with Crippen molar-refractivity contribution in [3.05, 3.63) is 86.1 Å². The summed E-state index contributed by atoms with van der Waals surface area (Å²) in [6.45, 7) is 1.81. The summed E-state index contributed by atoms with van der Waals surface area (Å²) in [4.78, 5) is 22.9. The predicted octanol–water partition coefficient (Wildman–Crippen LogP) is 4.58. The molecule has 1 amide bonds. The van der Waals surface area contributed by atoms with Gasteiger partial charge in [-0.05, 0) is 36.8 Å². The first-order valence-electron chi connectivity index (χ1n) is 7.91. The Balaban J connectivity index is 1.75. The third-order valence-electron chi connectivity index (χ3n) is 3.92. The minimum atomic E-state index is -0.487. The molecule has 0 aliphatic heterocycles. The molecule has 0 saturated heterocycles. The molecule has 0 radical (unpaired) electrons. The summed E-state index contributed by atoms with van der Waals surface area (Å²) in [5.41, 5.74) is 1.42. The fourth-order valence-electron chi connectivity index (χ4n) is 2.47. The van der Waals surface area contributed by atoms with E-state index in [1.54, 1.807) is 36.5 Å². The number of rotatable bonds is 5. The van der Waals surface area contributed by atoms with Gasteiger partial charge in [0.15, 0.2) is 5.69 Å². The Hall–Kier alpha value is -2.90. The molecule has 3 rings (SSSR count). The van der Waals surface area contributed by atoms with E-state index in [0.29, 0.717) is 15.7 Å². The summed E-state index contributed by atoms with van der Waals surface area (Å²) >= 11 is 11.9. The highest BCUT2D eigenvalue weighted by molar-refractivity contribution is 6.42. The molecule has 1 atom stereocenters. The van der Waals surface area contributed by atoms with Crippen LogP contribution in [0.15, 0.2) is 54.7 Å². The third-order valence-corrected chi connectivity index (χ3v) is 4.66. The maximum Gasteiger partial charge on any atom is 0.272 e. The number of aromatic nitrogens is 2. The molecule has 1 N–H and O–H groups in total. The van der Waals surface area contributed by atoms with Crippen LogP contribution in [0.1, 0.15) is 29.0 Å². The molecule has 138 valence electrons. The van der Waals surface area contributed by atoms with Crippen LogP contribution in [0.25, 0.3) is 5.69 Å². The Bertz CT molecular complexity index is 1020. The number of hydrogen-bond acceptors (Lipinski definition) is 4. The molecule has 27 heavy (non-hydrogen) atoms. The van der Waals surface area contributed by atoms with E-state index in [0.717, 1.165) is 5.56 Å². The summed E-state index contributed by atoms with van der Waals surface area (Å²) in [6.07, 6.45) is 1.57. The van der Waals surface area contributed by atoms with Crippen LogP contribution >= 0.6 is 23.2 Å². The molecular weight excluding hydrogens is 391 g/mol. The van der Waals surface area contributed by atoms with Crippen molar-refractivity contribution in [1.29, 1.82) is 0 Å².